The van der Waals surface area contributed by atoms with Gasteiger partial charge in [-0.05, 0) is 25.3 Å². The second-order valence-corrected chi connectivity index (χ2v) is 5.25. The Morgan fingerprint density at radius 3 is 2.83 bits per heavy atom. The number of nitrogens with two attached hydrogens (primary N) is 1. The van der Waals surface area contributed by atoms with Crippen LogP contribution in [0.4, 0.5) is 5.82 Å². The lowest BCUT2D eigenvalue weighted by Crippen LogP contribution is -2.34. The zero-order valence-corrected chi connectivity index (χ0v) is 11.2. The molecule has 0 bridgehead atoms. The molecule has 1 amide bonds. The number of nitrogens with zero attached hydrogens (tertiary/aromatic N) is 2. The number of carbonyl (C=O) groups is 1. The van der Waals surface area contributed by atoms with E-state index >= 15 is 0 Å². The van der Waals surface area contributed by atoms with Crippen LogP contribution in [0.5, 0.6) is 0 Å². The largest absolute Gasteiger partial charge is 0.336 e. The van der Waals surface area contributed by atoms with Crippen molar-refractivity contribution in [1.82, 2.24) is 9.88 Å². The summed E-state index contributed by atoms with van der Waals surface area (Å²) in [6.45, 7) is 5.00. The van der Waals surface area contributed by atoms with Crippen molar-refractivity contribution in [3.63, 3.8) is 0 Å². The van der Waals surface area contributed by atoms with Crippen molar-refractivity contribution in [3.8, 4) is 0 Å². The van der Waals surface area contributed by atoms with Crippen LogP contribution in [0.1, 0.15) is 30.6 Å². The lowest BCUT2D eigenvalue weighted by atomic mass is 10.1. The number of carbonyl (C=O) groups excluding carboxylic acids is 1. The first-order valence-corrected chi connectivity index (χ1v) is 6.34. The molecular weight excluding hydrogens is 252 g/mol. The fourth-order valence-corrected chi connectivity index (χ4v) is 2.63. The molecule has 1 fully saturated rings. The number of pyridine rings is 1. The highest BCUT2D eigenvalue weighted by molar-refractivity contribution is 6.33. The number of rotatable bonds is 2. The molecule has 0 aliphatic carbocycles. The Balaban J connectivity index is 2.21. The third-order valence-corrected chi connectivity index (χ3v) is 3.56. The van der Waals surface area contributed by atoms with Gasteiger partial charge in [-0.2, -0.15) is 0 Å². The first-order valence-electron chi connectivity index (χ1n) is 5.96. The van der Waals surface area contributed by atoms with Crippen LogP contribution in [0.3, 0.4) is 0 Å². The van der Waals surface area contributed by atoms with E-state index in [0.29, 0.717) is 22.3 Å². The Bertz CT molecular complexity index is 465. The van der Waals surface area contributed by atoms with E-state index in [1.165, 1.54) is 6.20 Å². The van der Waals surface area contributed by atoms with E-state index in [-0.39, 0.29) is 11.9 Å². The van der Waals surface area contributed by atoms with Crippen molar-refractivity contribution < 1.29 is 4.79 Å². The van der Waals surface area contributed by atoms with Gasteiger partial charge in [0, 0.05) is 18.8 Å². The summed E-state index contributed by atoms with van der Waals surface area (Å²) < 4.78 is 0. The van der Waals surface area contributed by atoms with Gasteiger partial charge in [-0.25, -0.2) is 10.8 Å². The van der Waals surface area contributed by atoms with E-state index < -0.39 is 0 Å². The Kier molecular flexibility index (Phi) is 3.73. The summed E-state index contributed by atoms with van der Waals surface area (Å²) in [6, 6.07) is 1.86. The van der Waals surface area contributed by atoms with Gasteiger partial charge in [0.25, 0.3) is 5.91 Å². The fourth-order valence-electron chi connectivity index (χ4n) is 2.41. The molecule has 1 aromatic heterocycles. The standard InChI is InChI=1S/C12H17ClN4O/c1-7-3-8(2)17(6-7)12(18)9-4-10(13)11(16-14)15-5-9/h4-5,7-8H,3,6,14H2,1-2H3,(H,15,16). The smallest absolute Gasteiger partial charge is 0.255 e. The minimum atomic E-state index is -0.0233. The molecule has 0 saturated carbocycles. The molecular formula is C12H17ClN4O. The molecule has 2 unspecified atom stereocenters. The molecule has 18 heavy (non-hydrogen) atoms. The average molecular weight is 269 g/mol. The summed E-state index contributed by atoms with van der Waals surface area (Å²) in [5, 5.41) is 0.350. The molecule has 0 radical (unpaired) electrons. The molecule has 0 spiro atoms. The summed E-state index contributed by atoms with van der Waals surface area (Å²) in [5.41, 5.74) is 2.88. The van der Waals surface area contributed by atoms with Crippen molar-refractivity contribution in [1.29, 1.82) is 0 Å². The van der Waals surface area contributed by atoms with Crippen LogP contribution in [0.25, 0.3) is 0 Å². The number of likely N-dealkylation sites (tertiary alicyclic amines) is 1. The Morgan fingerprint density at radius 1 is 1.61 bits per heavy atom. The molecule has 3 N–H and O–H groups in total. The highest BCUT2D eigenvalue weighted by atomic mass is 35.5. The predicted octanol–water partition coefficient (Wildman–Crippen LogP) is 1.89. The number of nitrogen functional groups attached to an aromatic ring is 1. The van der Waals surface area contributed by atoms with Crippen molar-refractivity contribution in [2.24, 2.45) is 11.8 Å². The fraction of sp³-hybridized carbons (Fsp3) is 0.500. The van der Waals surface area contributed by atoms with E-state index in [0.717, 1.165) is 13.0 Å². The van der Waals surface area contributed by atoms with Crippen molar-refractivity contribution in [2.75, 3.05) is 12.0 Å². The van der Waals surface area contributed by atoms with E-state index in [4.69, 9.17) is 17.4 Å². The predicted molar refractivity (Wildman–Crippen MR) is 71.3 cm³/mol. The minimum absolute atomic E-state index is 0.0233. The summed E-state index contributed by atoms with van der Waals surface area (Å²) >= 11 is 5.97. The van der Waals surface area contributed by atoms with Gasteiger partial charge in [-0.1, -0.05) is 18.5 Å². The molecule has 5 nitrogen and oxygen atoms in total. The van der Waals surface area contributed by atoms with Crippen molar-refractivity contribution in [3.05, 3.63) is 22.8 Å². The third kappa shape index (κ3) is 2.42. The first-order chi connectivity index (χ1) is 8.52. The summed E-state index contributed by atoms with van der Waals surface area (Å²) in [4.78, 5) is 18.2. The Hall–Kier alpha value is -1.33. The SMILES string of the molecule is CC1CC(C)N(C(=O)c2cnc(NN)c(Cl)c2)C1. The van der Waals surface area contributed by atoms with Gasteiger partial charge in [-0.3, -0.25) is 4.79 Å². The summed E-state index contributed by atoms with van der Waals surface area (Å²) in [7, 11) is 0. The van der Waals surface area contributed by atoms with Crippen LogP contribution in [0, 0.1) is 5.92 Å². The molecule has 2 heterocycles. The molecule has 1 aliphatic rings. The second kappa shape index (κ2) is 5.12. The Morgan fingerprint density at radius 2 is 2.33 bits per heavy atom. The molecule has 1 aliphatic heterocycles. The van der Waals surface area contributed by atoms with Gasteiger partial charge in [0.2, 0.25) is 0 Å². The number of aromatic nitrogens is 1. The minimum Gasteiger partial charge on any atom is -0.336 e. The molecule has 2 rings (SSSR count). The summed E-state index contributed by atoms with van der Waals surface area (Å²) in [6.07, 6.45) is 2.54. The van der Waals surface area contributed by atoms with Crippen LogP contribution < -0.4 is 11.3 Å². The molecule has 98 valence electrons. The number of nitrogens with one attached hydrogen (secondary N) is 1. The van der Waals surface area contributed by atoms with E-state index in [1.807, 2.05) is 4.90 Å². The lowest BCUT2D eigenvalue weighted by Gasteiger charge is -2.21. The van der Waals surface area contributed by atoms with Crippen LogP contribution >= 0.6 is 11.6 Å². The van der Waals surface area contributed by atoms with Gasteiger partial charge >= 0.3 is 0 Å². The topological polar surface area (TPSA) is 71.2 Å². The number of anilines is 1. The maximum Gasteiger partial charge on any atom is 0.255 e. The molecule has 0 aromatic carbocycles. The maximum atomic E-state index is 12.3. The number of hydrazine groups is 1. The van der Waals surface area contributed by atoms with E-state index in [9.17, 15) is 4.79 Å². The number of amides is 1. The van der Waals surface area contributed by atoms with Crippen molar-refractivity contribution >= 4 is 23.3 Å². The van der Waals surface area contributed by atoms with Gasteiger partial charge in [0.05, 0.1) is 10.6 Å². The highest BCUT2D eigenvalue weighted by Gasteiger charge is 2.30. The van der Waals surface area contributed by atoms with Gasteiger partial charge in [0.15, 0.2) is 5.82 Å². The normalized spacial score (nSPS) is 23.2. The van der Waals surface area contributed by atoms with Crippen molar-refractivity contribution in [2.45, 2.75) is 26.3 Å². The van der Waals surface area contributed by atoms with Crippen LogP contribution in [0.2, 0.25) is 5.02 Å². The van der Waals surface area contributed by atoms with Crippen LogP contribution in [0.15, 0.2) is 12.3 Å². The molecule has 6 heteroatoms. The molecule has 1 aromatic rings. The lowest BCUT2D eigenvalue weighted by molar-refractivity contribution is 0.0743. The quantitative estimate of drug-likeness (QED) is 0.635. The number of hydrogen-bond acceptors (Lipinski definition) is 4. The third-order valence-electron chi connectivity index (χ3n) is 3.27. The first kappa shape index (κ1) is 13.1. The summed E-state index contributed by atoms with van der Waals surface area (Å²) in [5.74, 6) is 6.13. The van der Waals surface area contributed by atoms with Gasteiger partial charge in [0.1, 0.15) is 0 Å². The highest BCUT2D eigenvalue weighted by Crippen LogP contribution is 2.26. The zero-order chi connectivity index (χ0) is 13.3. The second-order valence-electron chi connectivity index (χ2n) is 4.85. The maximum absolute atomic E-state index is 12.3. The van der Waals surface area contributed by atoms with Crippen LogP contribution in [-0.4, -0.2) is 28.4 Å². The van der Waals surface area contributed by atoms with E-state index in [2.05, 4.69) is 24.3 Å². The Labute approximate surface area is 111 Å². The van der Waals surface area contributed by atoms with E-state index in [1.54, 1.807) is 6.07 Å². The monoisotopic (exact) mass is 268 g/mol. The van der Waals surface area contributed by atoms with Crippen LogP contribution in [-0.2, 0) is 0 Å². The number of hydrogen-bond donors (Lipinski definition) is 2. The molecule has 2 atom stereocenters. The zero-order valence-electron chi connectivity index (χ0n) is 10.5. The molecule has 1 saturated heterocycles. The van der Waals surface area contributed by atoms with Gasteiger partial charge in [-0.15, -0.1) is 0 Å². The van der Waals surface area contributed by atoms with Gasteiger partial charge < -0.3 is 10.3 Å². The number of halogens is 1. The average Bonchev–Trinajstić information content (AvgIpc) is 2.67.